The molecule has 0 radical (unpaired) electrons. The van der Waals surface area contributed by atoms with E-state index in [-0.39, 0.29) is 16.8 Å². The van der Waals surface area contributed by atoms with Crippen LogP contribution in [0.15, 0.2) is 41.2 Å². The Balaban J connectivity index is 1.85. The number of nitrogens with zero attached hydrogens (tertiary/aromatic N) is 2. The van der Waals surface area contributed by atoms with Crippen LogP contribution in [0.5, 0.6) is 0 Å². The molecule has 4 rings (SSSR count). The van der Waals surface area contributed by atoms with E-state index in [1.807, 2.05) is 6.92 Å². The summed E-state index contributed by atoms with van der Waals surface area (Å²) in [7, 11) is 1.71. The van der Waals surface area contributed by atoms with E-state index in [9.17, 15) is 19.1 Å². The summed E-state index contributed by atoms with van der Waals surface area (Å²) in [6.45, 7) is 1.82. The van der Waals surface area contributed by atoms with Gasteiger partial charge in [0.15, 0.2) is 0 Å². The van der Waals surface area contributed by atoms with Crippen molar-refractivity contribution >= 4 is 39.7 Å². The van der Waals surface area contributed by atoms with Gasteiger partial charge in [-0.05, 0) is 68.5 Å². The second-order valence-electron chi connectivity index (χ2n) is 8.03. The van der Waals surface area contributed by atoms with E-state index in [1.165, 1.54) is 12.1 Å². The first kappa shape index (κ1) is 22.0. The lowest BCUT2D eigenvalue weighted by Crippen LogP contribution is -2.23. The number of carboxylic acid groups (broad SMARTS) is 1. The molecule has 2 aromatic carbocycles. The molecule has 0 fully saturated rings. The normalized spacial score (nSPS) is 14.8. The Morgan fingerprint density at radius 1 is 1.28 bits per heavy atom. The smallest absolute Gasteiger partial charge is 0.337 e. The van der Waals surface area contributed by atoms with E-state index >= 15 is 0 Å². The molecule has 32 heavy (non-hydrogen) atoms. The van der Waals surface area contributed by atoms with Crippen LogP contribution >= 0.6 is 11.6 Å². The van der Waals surface area contributed by atoms with Crippen LogP contribution in [0.3, 0.4) is 0 Å². The van der Waals surface area contributed by atoms with Crippen LogP contribution in [0, 0.1) is 5.82 Å². The Hall–Kier alpha value is -3.19. The second kappa shape index (κ2) is 8.74. The molecular weight excluding hydrogens is 433 g/mol. The van der Waals surface area contributed by atoms with Crippen molar-refractivity contribution in [1.82, 2.24) is 9.55 Å². The Morgan fingerprint density at radius 2 is 2.06 bits per heavy atom. The Kier molecular flexibility index (Phi) is 6.02. The lowest BCUT2D eigenvalue weighted by molar-refractivity contribution is 0.0697. The lowest BCUT2D eigenvalue weighted by Gasteiger charge is -2.21. The standard InChI is InChI=1S/C24H23ClFN3O3/c1-13(27-20-9-8-16(26)12-18(20)24(31)32)17-10-15(25)11-19-21(17)28-22(29(2)23(19)30)14-6-4-3-5-7-14/h6,8-13,27H,3-5,7H2,1-2H3,(H,31,32)/t13-/m1/s1. The minimum absolute atomic E-state index is 0.180. The summed E-state index contributed by atoms with van der Waals surface area (Å²) < 4.78 is 15.1. The van der Waals surface area contributed by atoms with Gasteiger partial charge in [-0.2, -0.15) is 0 Å². The van der Waals surface area contributed by atoms with Crippen molar-refractivity contribution in [2.24, 2.45) is 7.05 Å². The molecule has 0 bridgehead atoms. The summed E-state index contributed by atoms with van der Waals surface area (Å²) in [6.07, 6.45) is 6.12. The van der Waals surface area contributed by atoms with E-state index < -0.39 is 17.8 Å². The molecule has 0 amide bonds. The average Bonchev–Trinajstić information content (AvgIpc) is 2.77. The number of fused-ring (bicyclic) bond motifs is 1. The summed E-state index contributed by atoms with van der Waals surface area (Å²) in [6, 6.07) is 6.41. The van der Waals surface area contributed by atoms with Gasteiger partial charge in [-0.25, -0.2) is 14.2 Å². The zero-order valence-electron chi connectivity index (χ0n) is 17.8. The van der Waals surface area contributed by atoms with E-state index in [0.29, 0.717) is 27.3 Å². The molecule has 1 heterocycles. The molecule has 0 aliphatic heterocycles. The van der Waals surface area contributed by atoms with Gasteiger partial charge in [0.05, 0.1) is 22.5 Å². The fourth-order valence-electron chi connectivity index (χ4n) is 4.15. The van der Waals surface area contributed by atoms with Gasteiger partial charge in [0.25, 0.3) is 5.56 Å². The van der Waals surface area contributed by atoms with Crippen LogP contribution in [0.2, 0.25) is 5.02 Å². The van der Waals surface area contributed by atoms with Crippen molar-refractivity contribution in [3.63, 3.8) is 0 Å². The molecule has 8 heteroatoms. The maximum absolute atomic E-state index is 13.6. The Labute approximate surface area is 189 Å². The van der Waals surface area contributed by atoms with Gasteiger partial charge in [0.1, 0.15) is 11.6 Å². The molecule has 1 aliphatic rings. The third kappa shape index (κ3) is 4.12. The highest BCUT2D eigenvalue weighted by Gasteiger charge is 2.21. The first-order valence-electron chi connectivity index (χ1n) is 10.4. The summed E-state index contributed by atoms with van der Waals surface area (Å²) in [5, 5.41) is 13.3. The third-order valence-electron chi connectivity index (χ3n) is 5.80. The number of hydrogen-bond acceptors (Lipinski definition) is 4. The highest BCUT2D eigenvalue weighted by molar-refractivity contribution is 6.31. The minimum atomic E-state index is -1.24. The van der Waals surface area contributed by atoms with Gasteiger partial charge >= 0.3 is 5.97 Å². The van der Waals surface area contributed by atoms with Crippen molar-refractivity contribution in [1.29, 1.82) is 0 Å². The maximum atomic E-state index is 13.6. The molecule has 1 atom stereocenters. The first-order chi connectivity index (χ1) is 15.3. The molecule has 3 aromatic rings. The largest absolute Gasteiger partial charge is 0.478 e. The number of halogens is 2. The Morgan fingerprint density at radius 3 is 2.75 bits per heavy atom. The molecular formula is C24H23ClFN3O3. The third-order valence-corrected chi connectivity index (χ3v) is 6.02. The molecule has 166 valence electrons. The molecule has 6 nitrogen and oxygen atoms in total. The fraction of sp³-hybridized carbons (Fsp3) is 0.292. The van der Waals surface area contributed by atoms with Crippen LogP contribution in [0.25, 0.3) is 16.5 Å². The summed E-state index contributed by atoms with van der Waals surface area (Å²) in [4.78, 5) is 29.6. The number of benzene rings is 2. The van der Waals surface area contributed by atoms with Crippen molar-refractivity contribution in [3.8, 4) is 0 Å². The molecule has 1 aromatic heterocycles. The van der Waals surface area contributed by atoms with Crippen LogP contribution in [0.4, 0.5) is 10.1 Å². The number of aromatic carboxylic acids is 1. The zero-order chi connectivity index (χ0) is 23.0. The van der Waals surface area contributed by atoms with Crippen molar-refractivity contribution in [2.45, 2.75) is 38.6 Å². The highest BCUT2D eigenvalue weighted by Crippen LogP contribution is 2.31. The number of rotatable bonds is 5. The summed E-state index contributed by atoms with van der Waals surface area (Å²) >= 11 is 6.33. The minimum Gasteiger partial charge on any atom is -0.478 e. The fourth-order valence-corrected chi connectivity index (χ4v) is 4.38. The first-order valence-corrected chi connectivity index (χ1v) is 10.8. The van der Waals surface area contributed by atoms with Gasteiger partial charge in [-0.15, -0.1) is 0 Å². The van der Waals surface area contributed by atoms with Crippen LogP contribution in [-0.4, -0.2) is 20.6 Å². The summed E-state index contributed by atoms with van der Waals surface area (Å²) in [5.41, 5.74) is 2.10. The van der Waals surface area contributed by atoms with E-state index in [4.69, 9.17) is 16.6 Å². The van der Waals surface area contributed by atoms with Gasteiger partial charge < -0.3 is 10.4 Å². The Bertz CT molecular complexity index is 1320. The predicted molar refractivity (Wildman–Crippen MR) is 124 cm³/mol. The van der Waals surface area contributed by atoms with Crippen molar-refractivity contribution in [2.75, 3.05) is 5.32 Å². The second-order valence-corrected chi connectivity index (χ2v) is 8.46. The van der Waals surface area contributed by atoms with E-state index in [0.717, 1.165) is 37.3 Å². The van der Waals surface area contributed by atoms with Crippen LogP contribution < -0.4 is 10.9 Å². The van der Waals surface area contributed by atoms with Crippen molar-refractivity contribution < 1.29 is 14.3 Å². The summed E-state index contributed by atoms with van der Waals surface area (Å²) in [5.74, 6) is -1.25. The molecule has 0 spiro atoms. The number of nitrogens with one attached hydrogen (secondary N) is 1. The van der Waals surface area contributed by atoms with Gasteiger partial charge in [-0.1, -0.05) is 17.7 Å². The van der Waals surface area contributed by atoms with Gasteiger partial charge in [0.2, 0.25) is 0 Å². The quantitative estimate of drug-likeness (QED) is 0.526. The van der Waals surface area contributed by atoms with Crippen LogP contribution in [-0.2, 0) is 7.05 Å². The monoisotopic (exact) mass is 455 g/mol. The molecule has 1 aliphatic carbocycles. The van der Waals surface area contributed by atoms with Gasteiger partial charge in [0, 0.05) is 23.3 Å². The van der Waals surface area contributed by atoms with Crippen molar-refractivity contribution in [3.05, 3.63) is 74.6 Å². The maximum Gasteiger partial charge on any atom is 0.337 e. The molecule has 0 saturated heterocycles. The van der Waals surface area contributed by atoms with Gasteiger partial charge in [-0.3, -0.25) is 9.36 Å². The number of allylic oxidation sites excluding steroid dienone is 2. The SMILES string of the molecule is C[C@@H](Nc1ccc(F)cc1C(=O)O)c1cc(Cl)cc2c(=O)n(C)c(C3=CCCCC3)nc12. The number of hydrogen-bond donors (Lipinski definition) is 2. The average molecular weight is 456 g/mol. The topological polar surface area (TPSA) is 84.2 Å². The number of aromatic nitrogens is 2. The molecule has 0 saturated carbocycles. The van der Waals surface area contributed by atoms with E-state index in [2.05, 4.69) is 11.4 Å². The lowest BCUT2D eigenvalue weighted by atomic mass is 9.98. The van der Waals surface area contributed by atoms with E-state index in [1.54, 1.807) is 23.7 Å². The van der Waals surface area contributed by atoms with Crippen LogP contribution in [0.1, 0.15) is 60.4 Å². The molecule has 0 unspecified atom stereocenters. The number of carbonyl (C=O) groups is 1. The predicted octanol–water partition coefficient (Wildman–Crippen LogP) is 5.55. The number of anilines is 1. The molecule has 2 N–H and O–H groups in total. The highest BCUT2D eigenvalue weighted by atomic mass is 35.5. The number of carboxylic acids is 1. The zero-order valence-corrected chi connectivity index (χ0v) is 18.5.